The maximum Gasteiger partial charge on any atom is 0.410 e. The van der Waals surface area contributed by atoms with E-state index in [1.807, 2.05) is 6.08 Å². The standard InChI is InChI=1S/C42H54FN3O10S/c1-5-29-21-42(29,39(51)44-57(53,54)32-17-18-32)22-36(48)35-20-31(55-40(52)45-23-28-11-8-12-34(43)33(28)25-45)24-46(35)38(50)27(19-37(49)56-41(2,3)4)14-16-30(47)15-13-26-9-6-7-10-26/h5,8,11-13,15,26-27,29,31-32,35H,1,6-7,9-10,14,16-25H2,2-4H3,(H,44,51)/b15-13+/t27-,29-,31?,35+,42-/m1/s1. The summed E-state index contributed by atoms with van der Waals surface area (Å²) < 4.78 is 53.5. The Morgan fingerprint density at radius 1 is 1.07 bits per heavy atom. The molecule has 5 aliphatic rings. The van der Waals surface area contributed by atoms with Crippen LogP contribution in [0.5, 0.6) is 0 Å². The molecular weight excluding hydrogens is 758 g/mol. The molecule has 13 nitrogen and oxygen atoms in total. The van der Waals surface area contributed by atoms with Gasteiger partial charge in [-0.2, -0.15) is 0 Å². The van der Waals surface area contributed by atoms with Gasteiger partial charge in [-0.3, -0.25) is 33.6 Å². The maximum absolute atomic E-state index is 14.6. The molecule has 1 unspecified atom stereocenters. The zero-order chi connectivity index (χ0) is 41.3. The average molecular weight is 812 g/mol. The number of hydrogen-bond donors (Lipinski definition) is 1. The van der Waals surface area contributed by atoms with Crippen molar-refractivity contribution in [1.82, 2.24) is 14.5 Å². The maximum atomic E-state index is 14.6. The Balaban J connectivity index is 1.22. The summed E-state index contributed by atoms with van der Waals surface area (Å²) in [6.45, 7) is 8.70. The van der Waals surface area contributed by atoms with Crippen LogP contribution >= 0.6 is 0 Å². The first-order chi connectivity index (χ1) is 26.9. The van der Waals surface area contributed by atoms with Crippen LogP contribution in [0.1, 0.15) is 109 Å². The third-order valence-electron chi connectivity index (χ3n) is 11.8. The first-order valence-corrected chi connectivity index (χ1v) is 21.6. The van der Waals surface area contributed by atoms with Gasteiger partial charge >= 0.3 is 12.1 Å². The molecule has 1 saturated heterocycles. The molecule has 0 spiro atoms. The van der Waals surface area contributed by atoms with Gasteiger partial charge in [-0.15, -0.1) is 6.58 Å². The van der Waals surface area contributed by atoms with Crippen molar-refractivity contribution in [3.8, 4) is 0 Å². The van der Waals surface area contributed by atoms with Crippen molar-refractivity contribution in [1.29, 1.82) is 0 Å². The fourth-order valence-electron chi connectivity index (χ4n) is 8.39. The number of nitrogens with one attached hydrogen (secondary N) is 1. The molecule has 5 atom stereocenters. The topological polar surface area (TPSA) is 174 Å². The number of allylic oxidation sites excluding steroid dienone is 3. The number of halogens is 1. The molecule has 0 aromatic heterocycles. The normalized spacial score (nSPS) is 25.2. The van der Waals surface area contributed by atoms with Gasteiger partial charge in [0.15, 0.2) is 11.6 Å². The number of Topliss-reactive ketones (excluding diaryl/α,β-unsaturated/α-hetero) is 1. The number of hydrogen-bond acceptors (Lipinski definition) is 10. The van der Waals surface area contributed by atoms with E-state index in [2.05, 4.69) is 11.3 Å². The molecule has 0 radical (unpaired) electrons. The SMILES string of the molecule is C=C[C@@H]1C[C@]1(CC(=O)[C@@H]1CC(OC(=O)N2Cc3cccc(F)c3C2)CN1C(=O)[C@H](CCC(=O)/C=C/C1CCCC1)CC(=O)OC(C)(C)C)C(=O)NS(=O)(=O)C1CC1. The molecule has 1 aromatic rings. The number of esters is 1. The van der Waals surface area contributed by atoms with E-state index < -0.39 is 92.2 Å². The average Bonchev–Trinajstić information content (AvgIpc) is 3.92. The third-order valence-corrected chi connectivity index (χ3v) is 13.6. The van der Waals surface area contributed by atoms with Crippen LogP contribution in [0.4, 0.5) is 9.18 Å². The lowest BCUT2D eigenvalue weighted by molar-refractivity contribution is -0.159. The van der Waals surface area contributed by atoms with Crippen molar-refractivity contribution in [2.45, 2.75) is 134 Å². The lowest BCUT2D eigenvalue weighted by atomic mass is 9.90. The molecule has 1 aromatic carbocycles. The Hall–Kier alpha value is -4.40. The van der Waals surface area contributed by atoms with Crippen molar-refractivity contribution in [3.63, 3.8) is 0 Å². The number of fused-ring (bicyclic) bond motifs is 1. The highest BCUT2D eigenvalue weighted by Crippen LogP contribution is 2.57. The van der Waals surface area contributed by atoms with E-state index in [0.717, 1.165) is 25.7 Å². The monoisotopic (exact) mass is 811 g/mol. The van der Waals surface area contributed by atoms with Crippen molar-refractivity contribution in [3.05, 3.63) is 60.0 Å². The van der Waals surface area contributed by atoms with Crippen LogP contribution in [-0.2, 0) is 56.6 Å². The van der Waals surface area contributed by atoms with Gasteiger partial charge < -0.3 is 14.4 Å². The highest BCUT2D eigenvalue weighted by atomic mass is 32.2. The summed E-state index contributed by atoms with van der Waals surface area (Å²) in [4.78, 5) is 84.7. The minimum atomic E-state index is -3.92. The van der Waals surface area contributed by atoms with E-state index in [4.69, 9.17) is 9.47 Å². The smallest absolute Gasteiger partial charge is 0.410 e. The third kappa shape index (κ3) is 10.2. The Labute approximate surface area is 333 Å². The zero-order valence-corrected chi connectivity index (χ0v) is 33.8. The molecule has 1 N–H and O–H groups in total. The van der Waals surface area contributed by atoms with Crippen LogP contribution in [0.2, 0.25) is 0 Å². The second kappa shape index (κ2) is 16.8. The van der Waals surface area contributed by atoms with Crippen LogP contribution in [0.25, 0.3) is 0 Å². The molecule has 15 heteroatoms. The minimum Gasteiger partial charge on any atom is -0.460 e. The lowest BCUT2D eigenvalue weighted by Gasteiger charge is -2.29. The Morgan fingerprint density at radius 2 is 1.79 bits per heavy atom. The number of carbonyl (C=O) groups excluding carboxylic acids is 6. The minimum absolute atomic E-state index is 0.0186. The lowest BCUT2D eigenvalue weighted by Crippen LogP contribution is -2.46. The van der Waals surface area contributed by atoms with E-state index in [0.29, 0.717) is 29.9 Å². The van der Waals surface area contributed by atoms with Gasteiger partial charge in [0.2, 0.25) is 21.8 Å². The number of sulfonamides is 1. The molecule has 2 aliphatic heterocycles. The summed E-state index contributed by atoms with van der Waals surface area (Å²) in [5.74, 6) is -4.54. The van der Waals surface area contributed by atoms with E-state index in [9.17, 15) is 41.6 Å². The van der Waals surface area contributed by atoms with Crippen molar-refractivity contribution in [2.24, 2.45) is 23.2 Å². The highest BCUT2D eigenvalue weighted by molar-refractivity contribution is 7.90. The van der Waals surface area contributed by atoms with Gasteiger partial charge in [0.25, 0.3) is 0 Å². The Morgan fingerprint density at radius 3 is 2.42 bits per heavy atom. The number of carbonyl (C=O) groups is 6. The summed E-state index contributed by atoms with van der Waals surface area (Å²) in [5, 5.41) is -0.666. The van der Waals surface area contributed by atoms with Gasteiger partial charge in [0.05, 0.1) is 36.2 Å². The van der Waals surface area contributed by atoms with Gasteiger partial charge in [-0.05, 0) is 88.8 Å². The van der Waals surface area contributed by atoms with E-state index in [-0.39, 0.29) is 57.5 Å². The predicted molar refractivity (Wildman–Crippen MR) is 206 cm³/mol. The quantitative estimate of drug-likeness (QED) is 0.129. The van der Waals surface area contributed by atoms with E-state index in [1.54, 1.807) is 32.9 Å². The fraction of sp³-hybridized carbons (Fsp3) is 0.619. The van der Waals surface area contributed by atoms with Gasteiger partial charge in [0.1, 0.15) is 17.5 Å². The Kier molecular flexibility index (Phi) is 12.5. The number of benzene rings is 1. The van der Waals surface area contributed by atoms with Crippen LogP contribution in [0.3, 0.4) is 0 Å². The molecule has 3 amide bonds. The van der Waals surface area contributed by atoms with Gasteiger partial charge in [-0.25, -0.2) is 17.6 Å². The van der Waals surface area contributed by atoms with Crippen LogP contribution in [0.15, 0.2) is 43.0 Å². The molecule has 2 heterocycles. The van der Waals surface area contributed by atoms with Gasteiger partial charge in [0, 0.05) is 37.3 Å². The number of nitrogens with zero attached hydrogens (tertiary/aromatic N) is 2. The number of ether oxygens (including phenoxy) is 2. The molecule has 57 heavy (non-hydrogen) atoms. The summed E-state index contributed by atoms with van der Waals surface area (Å²) >= 11 is 0. The number of likely N-dealkylation sites (tertiary alicyclic amines) is 1. The fourth-order valence-corrected chi connectivity index (χ4v) is 9.78. The van der Waals surface area contributed by atoms with Crippen molar-refractivity contribution >= 4 is 45.5 Å². The second-order valence-corrected chi connectivity index (χ2v) is 19.4. The summed E-state index contributed by atoms with van der Waals surface area (Å²) in [6, 6.07) is 3.37. The van der Waals surface area contributed by atoms with Crippen molar-refractivity contribution < 1.29 is 51.0 Å². The molecule has 0 bridgehead atoms. The molecule has 4 fully saturated rings. The summed E-state index contributed by atoms with van der Waals surface area (Å²) in [5.41, 5.74) is -1.25. The molecule has 3 saturated carbocycles. The van der Waals surface area contributed by atoms with Crippen LogP contribution in [0, 0.1) is 29.0 Å². The van der Waals surface area contributed by atoms with Crippen LogP contribution < -0.4 is 4.72 Å². The molecule has 3 aliphatic carbocycles. The van der Waals surface area contributed by atoms with Crippen LogP contribution in [-0.4, -0.2) is 83.2 Å². The van der Waals surface area contributed by atoms with E-state index >= 15 is 0 Å². The summed E-state index contributed by atoms with van der Waals surface area (Å²) in [7, 11) is -3.92. The summed E-state index contributed by atoms with van der Waals surface area (Å²) in [6.07, 6.45) is 7.47. The number of amides is 3. The zero-order valence-electron chi connectivity index (χ0n) is 33.0. The highest BCUT2D eigenvalue weighted by Gasteiger charge is 2.61. The molecule has 310 valence electrons. The number of ketones is 2. The molecule has 6 rings (SSSR count). The first-order valence-electron chi connectivity index (χ1n) is 20.1. The second-order valence-electron chi connectivity index (χ2n) is 17.4. The van der Waals surface area contributed by atoms with E-state index in [1.165, 1.54) is 28.0 Å². The Bertz CT molecular complexity index is 1930. The van der Waals surface area contributed by atoms with Crippen molar-refractivity contribution in [2.75, 3.05) is 6.54 Å². The first kappa shape index (κ1) is 42.2. The number of rotatable bonds is 16. The van der Waals surface area contributed by atoms with Gasteiger partial charge in [-0.1, -0.05) is 37.1 Å². The predicted octanol–water partition coefficient (Wildman–Crippen LogP) is 5.45. The molecular formula is C42H54FN3O10S. The largest absolute Gasteiger partial charge is 0.460 e.